The molecule has 1 N–H and O–H groups in total. The predicted octanol–water partition coefficient (Wildman–Crippen LogP) is 2.92. The zero-order valence-electron chi connectivity index (χ0n) is 11.7. The van der Waals surface area contributed by atoms with Gasteiger partial charge in [0.2, 0.25) is 0 Å². The van der Waals surface area contributed by atoms with Crippen LogP contribution < -0.4 is 9.64 Å². The van der Waals surface area contributed by atoms with E-state index in [-0.39, 0.29) is 0 Å². The molecule has 1 aromatic rings. The summed E-state index contributed by atoms with van der Waals surface area (Å²) < 4.78 is 5.75. The van der Waals surface area contributed by atoms with Crippen LogP contribution in [0, 0.1) is 5.41 Å². The molecule has 108 valence electrons. The van der Waals surface area contributed by atoms with E-state index in [0.29, 0.717) is 13.2 Å². The van der Waals surface area contributed by atoms with Crippen LogP contribution in [0.2, 0.25) is 0 Å². The highest BCUT2D eigenvalue weighted by atomic mass is 16.5. The number of aliphatic carboxylic acids is 1. The summed E-state index contributed by atoms with van der Waals surface area (Å²) in [6.45, 7) is 2.17. The van der Waals surface area contributed by atoms with Crippen molar-refractivity contribution in [3.05, 3.63) is 24.3 Å². The zero-order chi connectivity index (χ0) is 14.0. The van der Waals surface area contributed by atoms with Crippen molar-refractivity contribution in [1.82, 2.24) is 0 Å². The van der Waals surface area contributed by atoms with Crippen molar-refractivity contribution in [3.8, 4) is 5.75 Å². The number of benzene rings is 1. The maximum absolute atomic E-state index is 11.7. The molecular formula is C16H21NO3. The molecule has 1 saturated carbocycles. The Morgan fingerprint density at radius 2 is 2.00 bits per heavy atom. The first-order valence-electron chi connectivity index (χ1n) is 7.41. The van der Waals surface area contributed by atoms with Crippen molar-refractivity contribution in [2.75, 3.05) is 24.6 Å². The molecule has 1 heterocycles. The van der Waals surface area contributed by atoms with Gasteiger partial charge in [-0.2, -0.15) is 0 Å². The summed E-state index contributed by atoms with van der Waals surface area (Å²) in [5.74, 6) is 0.237. The summed E-state index contributed by atoms with van der Waals surface area (Å²) in [4.78, 5) is 13.9. The fourth-order valence-corrected chi connectivity index (χ4v) is 3.42. The predicted molar refractivity (Wildman–Crippen MR) is 77.3 cm³/mol. The highest BCUT2D eigenvalue weighted by Crippen LogP contribution is 2.41. The molecule has 1 fully saturated rings. The van der Waals surface area contributed by atoms with Crippen LogP contribution in [0.3, 0.4) is 0 Å². The molecule has 4 heteroatoms. The molecular weight excluding hydrogens is 254 g/mol. The minimum absolute atomic E-state index is 0.572. The van der Waals surface area contributed by atoms with Crippen LogP contribution in [0.25, 0.3) is 0 Å². The number of rotatable bonds is 3. The van der Waals surface area contributed by atoms with Crippen LogP contribution in [0.1, 0.15) is 32.1 Å². The lowest BCUT2D eigenvalue weighted by Crippen LogP contribution is -2.42. The number of hydrogen-bond donors (Lipinski definition) is 1. The highest BCUT2D eigenvalue weighted by molar-refractivity contribution is 5.76. The average Bonchev–Trinajstić information content (AvgIpc) is 2.84. The second-order valence-electron chi connectivity index (χ2n) is 5.88. The number of anilines is 1. The summed E-state index contributed by atoms with van der Waals surface area (Å²) in [5, 5.41) is 9.65. The van der Waals surface area contributed by atoms with Gasteiger partial charge in [-0.15, -0.1) is 0 Å². The van der Waals surface area contributed by atoms with Gasteiger partial charge < -0.3 is 14.7 Å². The summed E-state index contributed by atoms with van der Waals surface area (Å²) in [6.07, 6.45) is 4.57. The number of carboxylic acids is 1. The lowest BCUT2D eigenvalue weighted by atomic mass is 9.85. The molecule has 0 amide bonds. The van der Waals surface area contributed by atoms with Crippen molar-refractivity contribution in [3.63, 3.8) is 0 Å². The van der Waals surface area contributed by atoms with Gasteiger partial charge >= 0.3 is 5.97 Å². The van der Waals surface area contributed by atoms with E-state index >= 15 is 0 Å². The molecule has 1 aliphatic carbocycles. The molecule has 0 aromatic heterocycles. The topological polar surface area (TPSA) is 49.8 Å². The molecule has 4 nitrogen and oxygen atoms in total. The van der Waals surface area contributed by atoms with Gasteiger partial charge in [-0.1, -0.05) is 25.0 Å². The number of ether oxygens (including phenoxy) is 1. The first-order valence-corrected chi connectivity index (χ1v) is 7.41. The third-order valence-electron chi connectivity index (χ3n) is 4.54. The fourth-order valence-electron chi connectivity index (χ4n) is 3.42. The highest BCUT2D eigenvalue weighted by Gasteiger charge is 2.43. The molecule has 0 radical (unpaired) electrons. The monoisotopic (exact) mass is 275 g/mol. The normalized spacial score (nSPS) is 20.9. The molecule has 3 rings (SSSR count). The second-order valence-corrected chi connectivity index (χ2v) is 5.88. The van der Waals surface area contributed by atoms with E-state index in [9.17, 15) is 9.90 Å². The van der Waals surface area contributed by atoms with E-state index in [1.165, 1.54) is 0 Å². The molecule has 1 aliphatic heterocycles. The number of para-hydroxylation sites is 2. The fraction of sp³-hybridized carbons (Fsp3) is 0.562. The van der Waals surface area contributed by atoms with Gasteiger partial charge in [0.1, 0.15) is 5.75 Å². The van der Waals surface area contributed by atoms with Gasteiger partial charge in [0.05, 0.1) is 17.7 Å². The van der Waals surface area contributed by atoms with Gasteiger partial charge in [0, 0.05) is 13.1 Å². The number of carboxylic acid groups (broad SMARTS) is 1. The van der Waals surface area contributed by atoms with Crippen LogP contribution in [-0.2, 0) is 4.79 Å². The Bertz CT molecular complexity index is 494. The van der Waals surface area contributed by atoms with Crippen LogP contribution in [0.5, 0.6) is 5.75 Å². The number of hydrogen-bond acceptors (Lipinski definition) is 3. The SMILES string of the molecule is O=C(O)C1(CN2CCCOc3ccccc32)CCCC1. The number of nitrogens with zero attached hydrogens (tertiary/aromatic N) is 1. The molecule has 0 bridgehead atoms. The summed E-state index contributed by atoms with van der Waals surface area (Å²) in [6, 6.07) is 7.95. The van der Waals surface area contributed by atoms with Crippen molar-refractivity contribution < 1.29 is 14.6 Å². The molecule has 0 atom stereocenters. The first kappa shape index (κ1) is 13.3. The molecule has 1 aromatic carbocycles. The van der Waals surface area contributed by atoms with Gasteiger partial charge in [-0.05, 0) is 31.4 Å². The Morgan fingerprint density at radius 3 is 2.75 bits per heavy atom. The van der Waals surface area contributed by atoms with Crippen LogP contribution >= 0.6 is 0 Å². The summed E-state index contributed by atoms with van der Waals surface area (Å²) in [5.41, 5.74) is 0.467. The van der Waals surface area contributed by atoms with Crippen molar-refractivity contribution in [2.24, 2.45) is 5.41 Å². The van der Waals surface area contributed by atoms with E-state index in [2.05, 4.69) is 4.90 Å². The lowest BCUT2D eigenvalue weighted by Gasteiger charge is -2.33. The maximum Gasteiger partial charge on any atom is 0.311 e. The van der Waals surface area contributed by atoms with Crippen LogP contribution in [-0.4, -0.2) is 30.8 Å². The maximum atomic E-state index is 11.7. The van der Waals surface area contributed by atoms with Crippen molar-refractivity contribution >= 4 is 11.7 Å². The van der Waals surface area contributed by atoms with Gasteiger partial charge in [-0.25, -0.2) is 0 Å². The molecule has 2 aliphatic rings. The van der Waals surface area contributed by atoms with Crippen molar-refractivity contribution in [1.29, 1.82) is 0 Å². The Kier molecular flexibility index (Phi) is 3.55. The summed E-state index contributed by atoms with van der Waals surface area (Å²) in [7, 11) is 0. The standard InChI is InChI=1S/C16H21NO3/c18-15(19)16(8-3-4-9-16)12-17-10-5-11-20-14-7-2-1-6-13(14)17/h1-2,6-7H,3-5,8-12H2,(H,18,19). The Labute approximate surface area is 119 Å². The van der Waals surface area contributed by atoms with Gasteiger partial charge in [0.15, 0.2) is 0 Å². The Hall–Kier alpha value is -1.71. The van der Waals surface area contributed by atoms with Gasteiger partial charge in [0.25, 0.3) is 0 Å². The second kappa shape index (κ2) is 5.35. The Balaban J connectivity index is 1.88. The number of fused-ring (bicyclic) bond motifs is 1. The van der Waals surface area contributed by atoms with E-state index < -0.39 is 11.4 Å². The van der Waals surface area contributed by atoms with E-state index in [4.69, 9.17) is 4.74 Å². The van der Waals surface area contributed by atoms with E-state index in [0.717, 1.165) is 50.1 Å². The van der Waals surface area contributed by atoms with Gasteiger partial charge in [-0.3, -0.25) is 4.79 Å². The number of carbonyl (C=O) groups is 1. The molecule has 20 heavy (non-hydrogen) atoms. The average molecular weight is 275 g/mol. The zero-order valence-corrected chi connectivity index (χ0v) is 11.7. The van der Waals surface area contributed by atoms with Crippen LogP contribution in [0.4, 0.5) is 5.69 Å². The largest absolute Gasteiger partial charge is 0.491 e. The van der Waals surface area contributed by atoms with Crippen molar-refractivity contribution in [2.45, 2.75) is 32.1 Å². The molecule has 0 unspecified atom stereocenters. The smallest absolute Gasteiger partial charge is 0.311 e. The quantitative estimate of drug-likeness (QED) is 0.921. The van der Waals surface area contributed by atoms with E-state index in [1.54, 1.807) is 0 Å². The minimum atomic E-state index is -0.641. The van der Waals surface area contributed by atoms with Crippen LogP contribution in [0.15, 0.2) is 24.3 Å². The lowest BCUT2D eigenvalue weighted by molar-refractivity contribution is -0.148. The molecule has 0 saturated heterocycles. The Morgan fingerprint density at radius 1 is 1.25 bits per heavy atom. The third kappa shape index (κ3) is 2.35. The minimum Gasteiger partial charge on any atom is -0.491 e. The van der Waals surface area contributed by atoms with E-state index in [1.807, 2.05) is 24.3 Å². The summed E-state index contributed by atoms with van der Waals surface area (Å²) >= 11 is 0. The third-order valence-corrected chi connectivity index (χ3v) is 4.54. The first-order chi connectivity index (χ1) is 9.71. The molecule has 0 spiro atoms.